The van der Waals surface area contributed by atoms with Crippen molar-refractivity contribution < 1.29 is 0 Å². The van der Waals surface area contributed by atoms with Crippen LogP contribution in [0.1, 0.15) is 40.0 Å². The summed E-state index contributed by atoms with van der Waals surface area (Å²) >= 11 is 3.38. The molecule has 2 heterocycles. The van der Waals surface area contributed by atoms with Crippen LogP contribution in [0.25, 0.3) is 10.1 Å². The second kappa shape index (κ2) is 9.48. The van der Waals surface area contributed by atoms with Crippen molar-refractivity contribution in [2.45, 2.75) is 19.8 Å². The predicted molar refractivity (Wildman–Crippen MR) is 128 cm³/mol. The summed E-state index contributed by atoms with van der Waals surface area (Å²) in [4.78, 5) is 3.18. The number of nitrogens with one attached hydrogen (secondary N) is 1. The maximum absolute atomic E-state index is 3.43. The van der Waals surface area contributed by atoms with Crippen molar-refractivity contribution in [3.8, 4) is 23.7 Å². The van der Waals surface area contributed by atoms with E-state index in [1.54, 1.807) is 22.7 Å². The second-order valence-corrected chi connectivity index (χ2v) is 8.84. The molecule has 0 saturated carbocycles. The van der Waals surface area contributed by atoms with Gasteiger partial charge in [-0.2, -0.15) is 0 Å². The molecule has 0 unspecified atom stereocenters. The van der Waals surface area contributed by atoms with Crippen LogP contribution in [0.15, 0.2) is 66.7 Å². The Balaban J connectivity index is 1.41. The average Bonchev–Trinajstić information content (AvgIpc) is 3.38. The largest absolute Gasteiger partial charge is 0.385 e. The molecule has 0 atom stereocenters. The van der Waals surface area contributed by atoms with Gasteiger partial charge in [-0.05, 0) is 72.2 Å². The molecule has 1 nitrogen and oxygen atoms in total. The van der Waals surface area contributed by atoms with Gasteiger partial charge in [0, 0.05) is 22.5 Å². The van der Waals surface area contributed by atoms with E-state index in [-0.39, 0.29) is 0 Å². The maximum atomic E-state index is 3.43. The summed E-state index contributed by atoms with van der Waals surface area (Å²) in [5.41, 5.74) is 2.18. The number of benzene rings is 2. The molecule has 1 N–H and O–H groups in total. The molecule has 3 heteroatoms. The molecular formula is C26H21NS2. The lowest BCUT2D eigenvalue weighted by Gasteiger charge is -2.04. The van der Waals surface area contributed by atoms with Crippen LogP contribution >= 0.6 is 22.7 Å². The zero-order valence-electron chi connectivity index (χ0n) is 16.3. The number of thiophene rings is 2. The van der Waals surface area contributed by atoms with Gasteiger partial charge in [0.05, 0.1) is 14.6 Å². The third-order valence-corrected chi connectivity index (χ3v) is 6.36. The molecule has 0 aliphatic heterocycles. The van der Waals surface area contributed by atoms with Crippen LogP contribution < -0.4 is 5.32 Å². The Morgan fingerprint density at radius 3 is 2.24 bits per heavy atom. The lowest BCUT2D eigenvalue weighted by Crippen LogP contribution is -2.00. The van der Waals surface area contributed by atoms with Gasteiger partial charge in [0.1, 0.15) is 0 Å². The molecule has 0 aliphatic rings. The van der Waals surface area contributed by atoms with E-state index in [9.17, 15) is 0 Å². The normalized spacial score (nSPS) is 10.1. The van der Waals surface area contributed by atoms with Gasteiger partial charge in [0.15, 0.2) is 0 Å². The Kier molecular flexibility index (Phi) is 6.32. The molecule has 29 heavy (non-hydrogen) atoms. The Bertz CT molecular complexity index is 1190. The fourth-order valence-electron chi connectivity index (χ4n) is 2.85. The van der Waals surface area contributed by atoms with E-state index in [4.69, 9.17) is 0 Å². The van der Waals surface area contributed by atoms with E-state index in [1.165, 1.54) is 22.9 Å². The molecule has 2 aromatic heterocycles. The van der Waals surface area contributed by atoms with Gasteiger partial charge in [-0.1, -0.05) is 43.4 Å². The zero-order chi connectivity index (χ0) is 19.9. The van der Waals surface area contributed by atoms with Crippen LogP contribution in [0.2, 0.25) is 0 Å². The first-order chi connectivity index (χ1) is 14.3. The minimum atomic E-state index is 1.02. The summed E-state index contributed by atoms with van der Waals surface area (Å²) in [5, 5.41) is 4.68. The van der Waals surface area contributed by atoms with Crippen molar-refractivity contribution in [1.82, 2.24) is 0 Å². The monoisotopic (exact) mass is 411 g/mol. The minimum Gasteiger partial charge on any atom is -0.385 e. The first-order valence-corrected chi connectivity index (χ1v) is 11.4. The molecule has 4 aromatic rings. The van der Waals surface area contributed by atoms with Gasteiger partial charge >= 0.3 is 0 Å². The minimum absolute atomic E-state index is 1.02. The van der Waals surface area contributed by atoms with Crippen molar-refractivity contribution in [2.75, 3.05) is 11.9 Å². The predicted octanol–water partition coefficient (Wildman–Crippen LogP) is 6.97. The molecule has 0 amide bonds. The van der Waals surface area contributed by atoms with Crippen LogP contribution in [-0.2, 0) is 0 Å². The van der Waals surface area contributed by atoms with Crippen molar-refractivity contribution in [3.63, 3.8) is 0 Å². The highest BCUT2D eigenvalue weighted by molar-refractivity contribution is 7.19. The van der Waals surface area contributed by atoms with E-state index < -0.39 is 0 Å². The van der Waals surface area contributed by atoms with Crippen molar-refractivity contribution in [2.24, 2.45) is 0 Å². The molecular weight excluding hydrogens is 390 g/mol. The van der Waals surface area contributed by atoms with E-state index in [0.717, 1.165) is 32.4 Å². The lowest BCUT2D eigenvalue weighted by atomic mass is 10.2. The zero-order valence-corrected chi connectivity index (χ0v) is 17.9. The Hall–Kier alpha value is -2.98. The summed E-state index contributed by atoms with van der Waals surface area (Å²) in [6, 6.07) is 23.0. The van der Waals surface area contributed by atoms with E-state index in [0.29, 0.717) is 0 Å². The topological polar surface area (TPSA) is 12.0 Å². The quantitative estimate of drug-likeness (QED) is 0.282. The van der Waals surface area contributed by atoms with Gasteiger partial charge in [0.25, 0.3) is 0 Å². The van der Waals surface area contributed by atoms with Gasteiger partial charge < -0.3 is 5.32 Å². The highest BCUT2D eigenvalue weighted by Gasteiger charge is 1.99. The summed E-state index contributed by atoms with van der Waals surface area (Å²) in [5.74, 6) is 13.1. The Morgan fingerprint density at radius 2 is 1.48 bits per heavy atom. The van der Waals surface area contributed by atoms with Gasteiger partial charge in [-0.3, -0.25) is 0 Å². The number of fused-ring (bicyclic) bond motifs is 1. The van der Waals surface area contributed by atoms with Crippen LogP contribution in [0.4, 0.5) is 5.69 Å². The highest BCUT2D eigenvalue weighted by atomic mass is 32.1. The second-order valence-electron chi connectivity index (χ2n) is 6.67. The number of hydrogen-bond acceptors (Lipinski definition) is 3. The summed E-state index contributed by atoms with van der Waals surface area (Å²) in [6.07, 6.45) is 2.39. The molecule has 142 valence electrons. The average molecular weight is 412 g/mol. The summed E-state index contributed by atoms with van der Waals surface area (Å²) in [7, 11) is 0. The van der Waals surface area contributed by atoms with Crippen LogP contribution in [0, 0.1) is 23.7 Å². The number of unbranched alkanes of at least 4 members (excludes halogenated alkanes) is 1. The first kappa shape index (κ1) is 19.3. The molecule has 0 fully saturated rings. The van der Waals surface area contributed by atoms with Crippen molar-refractivity contribution >= 4 is 38.4 Å². The van der Waals surface area contributed by atoms with Gasteiger partial charge in [-0.25, -0.2) is 0 Å². The third kappa shape index (κ3) is 5.30. The number of anilines is 1. The third-order valence-electron chi connectivity index (χ3n) is 4.41. The van der Waals surface area contributed by atoms with E-state index in [1.807, 2.05) is 6.07 Å². The molecule has 2 aromatic carbocycles. The number of rotatable bonds is 4. The van der Waals surface area contributed by atoms with Crippen molar-refractivity contribution in [1.29, 1.82) is 0 Å². The SMILES string of the molecule is CCCCNc1ccc(C#Cc2ccc(C#Cc3cc4ccccc4s3)s2)cc1. The van der Waals surface area contributed by atoms with E-state index >= 15 is 0 Å². The van der Waals surface area contributed by atoms with Crippen LogP contribution in [0.3, 0.4) is 0 Å². The Labute approximate surface area is 180 Å². The maximum Gasteiger partial charge on any atom is 0.0785 e. The summed E-state index contributed by atoms with van der Waals surface area (Å²) in [6.45, 7) is 3.22. The molecule has 0 radical (unpaired) electrons. The fraction of sp³-hybridized carbons (Fsp3) is 0.154. The molecule has 0 aliphatic carbocycles. The molecule has 0 saturated heterocycles. The molecule has 0 bridgehead atoms. The van der Waals surface area contributed by atoms with Crippen LogP contribution in [0.5, 0.6) is 0 Å². The standard InChI is InChI=1S/C26H21NS2/c1-2-3-18-27-22-11-8-20(9-12-22)10-13-23-14-15-24(28-23)16-17-25-19-21-6-4-5-7-26(21)29-25/h4-9,11-12,14-15,19,27H,2-3,18H2,1H3. The molecule has 0 spiro atoms. The smallest absolute Gasteiger partial charge is 0.0785 e. The van der Waals surface area contributed by atoms with Gasteiger partial charge in [0.2, 0.25) is 0 Å². The highest BCUT2D eigenvalue weighted by Crippen LogP contribution is 2.24. The van der Waals surface area contributed by atoms with Gasteiger partial charge in [-0.15, -0.1) is 22.7 Å². The number of hydrogen-bond donors (Lipinski definition) is 1. The summed E-state index contributed by atoms with van der Waals surface area (Å²) < 4.78 is 1.28. The molecule has 4 rings (SSSR count). The fourth-order valence-corrected chi connectivity index (χ4v) is 4.48. The van der Waals surface area contributed by atoms with E-state index in [2.05, 4.69) is 96.6 Å². The Morgan fingerprint density at radius 1 is 0.759 bits per heavy atom. The van der Waals surface area contributed by atoms with Crippen LogP contribution in [-0.4, -0.2) is 6.54 Å². The lowest BCUT2D eigenvalue weighted by molar-refractivity contribution is 0.834. The van der Waals surface area contributed by atoms with Crippen molar-refractivity contribution in [3.05, 3.63) is 86.9 Å². The first-order valence-electron chi connectivity index (χ1n) is 9.76.